The third-order valence-electron chi connectivity index (χ3n) is 6.55. The highest BCUT2D eigenvalue weighted by Crippen LogP contribution is 2.21. The molecule has 4 nitrogen and oxygen atoms in total. The monoisotopic (exact) mass is 475 g/mol. The number of aliphatic hydroxyl groups is 1. The van der Waals surface area contributed by atoms with E-state index in [2.05, 4.69) is 17.1 Å². The third kappa shape index (κ3) is 12.7. The Morgan fingerprint density at radius 3 is 1.97 bits per heavy atom. The zero-order chi connectivity index (χ0) is 23.6. The second-order valence-corrected chi connectivity index (χ2v) is 10.9. The van der Waals surface area contributed by atoms with Crippen LogP contribution < -0.4 is 5.73 Å². The van der Waals surface area contributed by atoms with Gasteiger partial charge < -0.3 is 10.8 Å². The molecule has 1 unspecified atom stereocenters. The van der Waals surface area contributed by atoms with Crippen LogP contribution in [0.2, 0.25) is 0 Å². The number of H-pyrrole nitrogens is 1. The van der Waals surface area contributed by atoms with E-state index in [1.807, 2.05) is 30.0 Å². The van der Waals surface area contributed by atoms with E-state index in [-0.39, 0.29) is 6.10 Å². The van der Waals surface area contributed by atoms with Crippen molar-refractivity contribution in [1.82, 2.24) is 10.2 Å². The Morgan fingerprint density at radius 1 is 0.848 bits per heavy atom. The van der Waals surface area contributed by atoms with Crippen molar-refractivity contribution in [3.8, 4) is 0 Å². The molecule has 1 aromatic heterocycles. The van der Waals surface area contributed by atoms with Gasteiger partial charge >= 0.3 is 0 Å². The Balaban J connectivity index is 1.34. The largest absolute Gasteiger partial charge is 0.399 e. The number of rotatable bonds is 21. The van der Waals surface area contributed by atoms with E-state index >= 15 is 0 Å². The van der Waals surface area contributed by atoms with Crippen molar-refractivity contribution in [3.63, 3.8) is 0 Å². The van der Waals surface area contributed by atoms with Crippen LogP contribution in [0.3, 0.4) is 0 Å². The van der Waals surface area contributed by atoms with Crippen molar-refractivity contribution < 1.29 is 5.11 Å². The predicted molar refractivity (Wildman–Crippen MR) is 147 cm³/mol. The first kappa shape index (κ1) is 28.0. The minimum absolute atomic E-state index is 0.346. The van der Waals surface area contributed by atoms with Gasteiger partial charge in [0.1, 0.15) is 0 Å². The van der Waals surface area contributed by atoms with Crippen LogP contribution in [-0.2, 0) is 6.42 Å². The molecule has 1 heterocycles. The topological polar surface area (TPSA) is 74.9 Å². The number of aromatic nitrogens is 2. The molecule has 0 spiro atoms. The highest BCUT2D eigenvalue weighted by molar-refractivity contribution is 7.99. The molecule has 33 heavy (non-hydrogen) atoms. The Kier molecular flexibility index (Phi) is 15.4. The maximum absolute atomic E-state index is 10.4. The number of thioether (sulfide) groups is 1. The maximum Gasteiger partial charge on any atom is 0.0925 e. The first-order chi connectivity index (χ1) is 16.2. The average molecular weight is 476 g/mol. The SMILES string of the molecule is CCCCCCCCCCCCCCCCCCSCC(O)Cc1[nH]nc2ccc(N)cc12. The summed E-state index contributed by atoms with van der Waals surface area (Å²) in [6.07, 6.45) is 22.8. The molecule has 0 bridgehead atoms. The van der Waals surface area contributed by atoms with E-state index in [1.165, 1.54) is 103 Å². The lowest BCUT2D eigenvalue weighted by Crippen LogP contribution is -2.14. The number of aromatic amines is 1. The van der Waals surface area contributed by atoms with E-state index < -0.39 is 0 Å². The van der Waals surface area contributed by atoms with Crippen LogP contribution >= 0.6 is 11.8 Å². The number of nitrogen functional groups attached to an aromatic ring is 1. The molecule has 0 aliphatic heterocycles. The Hall–Kier alpha value is -1.20. The molecule has 0 saturated heterocycles. The van der Waals surface area contributed by atoms with Crippen LogP contribution in [0.5, 0.6) is 0 Å². The van der Waals surface area contributed by atoms with Gasteiger partial charge in [-0.05, 0) is 30.4 Å². The molecule has 0 fully saturated rings. The molecular weight excluding hydrogens is 426 g/mol. The molecule has 2 aromatic rings. The normalized spacial score (nSPS) is 12.5. The van der Waals surface area contributed by atoms with Crippen LogP contribution in [0.15, 0.2) is 18.2 Å². The van der Waals surface area contributed by atoms with Crippen molar-refractivity contribution in [2.45, 2.75) is 122 Å². The molecule has 1 aromatic carbocycles. The number of anilines is 1. The fraction of sp³-hybridized carbons (Fsp3) is 0.750. The van der Waals surface area contributed by atoms with Crippen LogP contribution in [0.25, 0.3) is 10.9 Å². The summed E-state index contributed by atoms with van der Waals surface area (Å²) in [7, 11) is 0. The lowest BCUT2D eigenvalue weighted by Gasteiger charge is -2.09. The molecule has 188 valence electrons. The molecule has 0 radical (unpaired) electrons. The molecule has 2 rings (SSSR count). The summed E-state index contributed by atoms with van der Waals surface area (Å²) in [5.41, 5.74) is 8.51. The highest BCUT2D eigenvalue weighted by Gasteiger charge is 2.11. The second kappa shape index (κ2) is 18.2. The van der Waals surface area contributed by atoms with Gasteiger partial charge in [-0.3, -0.25) is 5.10 Å². The standard InChI is InChI=1S/C28H49N3OS/c1-2-3-4-5-6-7-8-9-10-11-12-13-14-15-16-17-20-33-23-25(32)22-28-26-21-24(29)18-19-27(26)30-31-28/h18-19,21,25,32H,2-17,20,22-23,29H2,1H3,(H,30,31). The lowest BCUT2D eigenvalue weighted by atomic mass is 10.0. The number of unbranched alkanes of at least 4 members (excludes halogenated alkanes) is 15. The zero-order valence-corrected chi connectivity index (χ0v) is 21.9. The average Bonchev–Trinajstić information content (AvgIpc) is 3.20. The number of benzene rings is 1. The second-order valence-electron chi connectivity index (χ2n) is 9.71. The minimum Gasteiger partial charge on any atom is -0.399 e. The molecule has 5 heteroatoms. The summed E-state index contributed by atoms with van der Waals surface area (Å²) in [6.45, 7) is 2.29. The van der Waals surface area contributed by atoms with Crippen molar-refractivity contribution in [3.05, 3.63) is 23.9 Å². The minimum atomic E-state index is -0.346. The summed E-state index contributed by atoms with van der Waals surface area (Å²) >= 11 is 1.87. The molecule has 0 aliphatic rings. The van der Waals surface area contributed by atoms with Crippen molar-refractivity contribution in [1.29, 1.82) is 0 Å². The van der Waals surface area contributed by atoms with Crippen molar-refractivity contribution >= 4 is 28.4 Å². The lowest BCUT2D eigenvalue weighted by molar-refractivity contribution is 0.199. The fourth-order valence-corrected chi connectivity index (χ4v) is 5.47. The van der Waals surface area contributed by atoms with E-state index in [0.717, 1.165) is 33.8 Å². The van der Waals surface area contributed by atoms with Gasteiger partial charge in [-0.1, -0.05) is 103 Å². The van der Waals surface area contributed by atoms with E-state index in [0.29, 0.717) is 6.42 Å². The molecule has 0 aliphatic carbocycles. The van der Waals surface area contributed by atoms with E-state index in [1.54, 1.807) is 0 Å². The molecule has 1 atom stereocenters. The van der Waals surface area contributed by atoms with Gasteiger partial charge in [-0.15, -0.1) is 0 Å². The smallest absolute Gasteiger partial charge is 0.0925 e. The summed E-state index contributed by atoms with van der Waals surface area (Å²) in [6, 6.07) is 5.71. The van der Waals surface area contributed by atoms with Gasteiger partial charge in [0, 0.05) is 28.9 Å². The zero-order valence-electron chi connectivity index (χ0n) is 21.1. The van der Waals surface area contributed by atoms with Crippen molar-refractivity contribution in [2.24, 2.45) is 0 Å². The first-order valence-electron chi connectivity index (χ1n) is 13.7. The van der Waals surface area contributed by atoms with Gasteiger partial charge in [-0.2, -0.15) is 16.9 Å². The quantitative estimate of drug-likeness (QED) is 0.126. The van der Waals surface area contributed by atoms with Crippen LogP contribution in [0.1, 0.15) is 115 Å². The predicted octanol–water partition coefficient (Wildman–Crippen LogP) is 8.04. The summed E-state index contributed by atoms with van der Waals surface area (Å²) in [4.78, 5) is 0. The first-order valence-corrected chi connectivity index (χ1v) is 14.8. The molecule has 4 N–H and O–H groups in total. The van der Waals surface area contributed by atoms with Gasteiger partial charge in [0.2, 0.25) is 0 Å². The third-order valence-corrected chi connectivity index (χ3v) is 7.75. The Morgan fingerprint density at radius 2 is 1.39 bits per heavy atom. The van der Waals surface area contributed by atoms with Gasteiger partial charge in [0.25, 0.3) is 0 Å². The number of hydrogen-bond donors (Lipinski definition) is 3. The van der Waals surface area contributed by atoms with E-state index in [9.17, 15) is 5.11 Å². The molecular formula is C28H49N3OS. The number of nitrogens with zero attached hydrogens (tertiary/aromatic N) is 1. The van der Waals surface area contributed by atoms with Crippen LogP contribution in [0, 0.1) is 0 Å². The van der Waals surface area contributed by atoms with Crippen molar-refractivity contribution in [2.75, 3.05) is 17.2 Å². The number of aliphatic hydroxyl groups excluding tert-OH is 1. The summed E-state index contributed by atoms with van der Waals surface area (Å²) in [5, 5.41) is 18.8. The van der Waals surface area contributed by atoms with Crippen LogP contribution in [0.4, 0.5) is 5.69 Å². The van der Waals surface area contributed by atoms with Gasteiger partial charge in [0.15, 0.2) is 0 Å². The maximum atomic E-state index is 10.4. The summed E-state index contributed by atoms with van der Waals surface area (Å²) < 4.78 is 0. The van der Waals surface area contributed by atoms with E-state index in [4.69, 9.17) is 5.73 Å². The Bertz CT molecular complexity index is 733. The summed E-state index contributed by atoms with van der Waals surface area (Å²) in [5.74, 6) is 1.92. The Labute approximate surface area is 206 Å². The number of nitrogens with two attached hydrogens (primary N) is 1. The van der Waals surface area contributed by atoms with Gasteiger partial charge in [-0.25, -0.2) is 0 Å². The van der Waals surface area contributed by atoms with Crippen LogP contribution in [-0.4, -0.2) is 32.9 Å². The number of nitrogens with one attached hydrogen (secondary N) is 1. The fourth-order valence-electron chi connectivity index (χ4n) is 4.50. The number of fused-ring (bicyclic) bond motifs is 1. The molecule has 0 amide bonds. The molecule has 0 saturated carbocycles. The van der Waals surface area contributed by atoms with Gasteiger partial charge in [0.05, 0.1) is 11.6 Å². The number of hydrogen-bond acceptors (Lipinski definition) is 4. The highest BCUT2D eigenvalue weighted by atomic mass is 32.2.